The van der Waals surface area contributed by atoms with Crippen LogP contribution in [0.15, 0.2) is 83.9 Å². The Morgan fingerprint density at radius 3 is 2.55 bits per heavy atom. The van der Waals surface area contributed by atoms with Crippen molar-refractivity contribution < 1.29 is 19.4 Å². The number of rotatable bonds is 7. The van der Waals surface area contributed by atoms with E-state index in [2.05, 4.69) is 6.07 Å². The molecular weight excluding hydrogens is 416 g/mol. The molecule has 3 aromatic rings. The van der Waals surface area contributed by atoms with Crippen LogP contribution in [0.4, 0.5) is 5.69 Å². The van der Waals surface area contributed by atoms with Gasteiger partial charge in [0.1, 0.15) is 12.4 Å². The molecule has 33 heavy (non-hydrogen) atoms. The van der Waals surface area contributed by atoms with Crippen molar-refractivity contribution in [2.75, 3.05) is 24.7 Å². The first kappa shape index (κ1) is 21.2. The summed E-state index contributed by atoms with van der Waals surface area (Å²) in [6.45, 7) is 1.27. The summed E-state index contributed by atoms with van der Waals surface area (Å²) in [6.07, 6.45) is 1.10. The van der Waals surface area contributed by atoms with E-state index < -0.39 is 5.54 Å². The van der Waals surface area contributed by atoms with Gasteiger partial charge < -0.3 is 19.5 Å². The predicted octanol–water partition coefficient (Wildman–Crippen LogP) is 3.75. The Morgan fingerprint density at radius 2 is 1.76 bits per heavy atom. The summed E-state index contributed by atoms with van der Waals surface area (Å²) >= 11 is 0. The number of fused-ring (bicyclic) bond motifs is 1. The maximum Gasteiger partial charge on any atom is 0.259 e. The molecule has 6 heteroatoms. The fourth-order valence-corrected chi connectivity index (χ4v) is 4.34. The summed E-state index contributed by atoms with van der Waals surface area (Å²) in [5.41, 5.74) is 2.94. The van der Waals surface area contributed by atoms with Crippen LogP contribution in [0.3, 0.4) is 0 Å². The summed E-state index contributed by atoms with van der Waals surface area (Å²) in [4.78, 5) is 20.5. The fraction of sp³-hybridized carbons (Fsp3) is 0.259. The Kier molecular flexibility index (Phi) is 5.84. The normalized spacial score (nSPS) is 19.2. The van der Waals surface area contributed by atoms with Crippen molar-refractivity contribution in [1.29, 1.82) is 0 Å². The molecule has 1 spiro atoms. The van der Waals surface area contributed by atoms with Crippen molar-refractivity contribution >= 4 is 17.5 Å². The number of aliphatic hydroxyl groups excluding tert-OH is 1. The van der Waals surface area contributed by atoms with Crippen molar-refractivity contribution in [2.45, 2.75) is 24.9 Å². The van der Waals surface area contributed by atoms with Gasteiger partial charge in [0.2, 0.25) is 5.90 Å². The van der Waals surface area contributed by atoms with E-state index in [4.69, 9.17) is 19.6 Å². The van der Waals surface area contributed by atoms with Crippen LogP contribution in [-0.2, 0) is 22.5 Å². The highest BCUT2D eigenvalue weighted by Crippen LogP contribution is 2.38. The summed E-state index contributed by atoms with van der Waals surface area (Å²) < 4.78 is 11.6. The van der Waals surface area contributed by atoms with Gasteiger partial charge >= 0.3 is 0 Å². The van der Waals surface area contributed by atoms with E-state index in [1.165, 1.54) is 0 Å². The number of ether oxygens (including phenoxy) is 2. The molecule has 0 saturated carbocycles. The van der Waals surface area contributed by atoms with Crippen LogP contribution in [0.25, 0.3) is 0 Å². The van der Waals surface area contributed by atoms with Crippen LogP contribution >= 0.6 is 0 Å². The van der Waals surface area contributed by atoms with E-state index in [0.29, 0.717) is 31.9 Å². The van der Waals surface area contributed by atoms with Crippen LogP contribution < -0.4 is 9.64 Å². The van der Waals surface area contributed by atoms with Gasteiger partial charge in [0, 0.05) is 30.7 Å². The largest absolute Gasteiger partial charge is 0.494 e. The molecule has 2 heterocycles. The molecule has 0 fully saturated rings. The molecule has 0 saturated heterocycles. The monoisotopic (exact) mass is 442 g/mol. The van der Waals surface area contributed by atoms with Crippen LogP contribution in [0.1, 0.15) is 23.1 Å². The molecule has 3 aromatic carbocycles. The number of carbonyl (C=O) groups is 1. The van der Waals surface area contributed by atoms with E-state index in [-0.39, 0.29) is 19.1 Å². The number of hydrogen-bond acceptors (Lipinski definition) is 5. The number of hydrogen-bond donors (Lipinski definition) is 1. The van der Waals surface area contributed by atoms with Crippen molar-refractivity contribution in [1.82, 2.24) is 0 Å². The summed E-state index contributed by atoms with van der Waals surface area (Å²) in [5.74, 6) is 1.16. The number of nitrogens with zero attached hydrogens (tertiary/aromatic N) is 2. The SMILES string of the molecule is O=C1N(Cc2ccccc2)c2ccccc2C[C@]12COC(c1ccc(OCCCO)cc1)=N2. The van der Waals surface area contributed by atoms with E-state index in [9.17, 15) is 4.79 Å². The molecule has 0 aliphatic carbocycles. The number of carbonyl (C=O) groups excluding carboxylic acids is 1. The Hall–Kier alpha value is -3.64. The van der Waals surface area contributed by atoms with E-state index in [1.807, 2.05) is 77.7 Å². The van der Waals surface area contributed by atoms with Gasteiger partial charge in [-0.05, 0) is 41.5 Å². The van der Waals surface area contributed by atoms with Gasteiger partial charge in [0.05, 0.1) is 13.2 Å². The highest BCUT2D eigenvalue weighted by molar-refractivity contribution is 6.07. The molecule has 1 N–H and O–H groups in total. The first-order chi connectivity index (χ1) is 16.2. The summed E-state index contributed by atoms with van der Waals surface area (Å²) in [6, 6.07) is 25.5. The Labute approximate surface area is 193 Å². The number of aliphatic hydroxyl groups is 1. The summed E-state index contributed by atoms with van der Waals surface area (Å²) in [7, 11) is 0. The first-order valence-electron chi connectivity index (χ1n) is 11.2. The molecule has 0 aromatic heterocycles. The third-order valence-corrected chi connectivity index (χ3v) is 6.03. The zero-order chi connectivity index (χ0) is 22.7. The molecule has 5 rings (SSSR count). The lowest BCUT2D eigenvalue weighted by molar-refractivity contribution is -0.124. The van der Waals surface area contributed by atoms with Crippen LogP contribution in [-0.4, -0.2) is 42.3 Å². The van der Waals surface area contributed by atoms with Gasteiger partial charge in [0.25, 0.3) is 5.91 Å². The van der Waals surface area contributed by atoms with Crippen LogP contribution in [0.5, 0.6) is 5.75 Å². The third-order valence-electron chi connectivity index (χ3n) is 6.03. The van der Waals surface area contributed by atoms with Crippen molar-refractivity contribution in [3.63, 3.8) is 0 Å². The quantitative estimate of drug-likeness (QED) is 0.566. The van der Waals surface area contributed by atoms with Crippen LogP contribution in [0.2, 0.25) is 0 Å². The van der Waals surface area contributed by atoms with Gasteiger partial charge in [-0.3, -0.25) is 4.79 Å². The average molecular weight is 443 g/mol. The molecule has 0 radical (unpaired) electrons. The molecule has 1 atom stereocenters. The summed E-state index contributed by atoms with van der Waals surface area (Å²) in [5, 5.41) is 8.89. The second kappa shape index (κ2) is 9.08. The van der Waals surface area contributed by atoms with E-state index in [1.54, 1.807) is 0 Å². The second-order valence-corrected chi connectivity index (χ2v) is 8.37. The number of amides is 1. The fourth-order valence-electron chi connectivity index (χ4n) is 4.34. The highest BCUT2D eigenvalue weighted by atomic mass is 16.5. The zero-order valence-electron chi connectivity index (χ0n) is 18.3. The number of anilines is 1. The molecule has 0 bridgehead atoms. The molecule has 2 aliphatic rings. The maximum absolute atomic E-state index is 13.8. The van der Waals surface area contributed by atoms with Gasteiger partial charge in [-0.25, -0.2) is 4.99 Å². The van der Waals surface area contributed by atoms with E-state index in [0.717, 1.165) is 28.1 Å². The number of aliphatic imine (C=N–C) groups is 1. The molecule has 168 valence electrons. The minimum atomic E-state index is -0.964. The van der Waals surface area contributed by atoms with Gasteiger partial charge in [0.15, 0.2) is 5.54 Å². The van der Waals surface area contributed by atoms with Gasteiger partial charge in [-0.1, -0.05) is 48.5 Å². The van der Waals surface area contributed by atoms with Crippen molar-refractivity contribution in [3.8, 4) is 5.75 Å². The number of para-hydroxylation sites is 1. The maximum atomic E-state index is 13.8. The van der Waals surface area contributed by atoms with Crippen molar-refractivity contribution in [3.05, 3.63) is 95.6 Å². The number of benzene rings is 3. The Bertz CT molecular complexity index is 1160. The molecule has 2 aliphatic heterocycles. The zero-order valence-corrected chi connectivity index (χ0v) is 18.3. The van der Waals surface area contributed by atoms with Gasteiger partial charge in [-0.2, -0.15) is 0 Å². The lowest BCUT2D eigenvalue weighted by Gasteiger charge is -2.37. The topological polar surface area (TPSA) is 71.4 Å². The average Bonchev–Trinajstić information content (AvgIpc) is 3.28. The predicted molar refractivity (Wildman–Crippen MR) is 127 cm³/mol. The second-order valence-electron chi connectivity index (χ2n) is 8.37. The standard InChI is InChI=1S/C27H26N2O4/c30-15-6-16-32-23-13-11-21(12-14-23)25-28-27(19-33-25)17-22-9-4-5-10-24(22)29(26(27)31)18-20-7-2-1-3-8-20/h1-5,7-14,30H,6,15-19H2/t27-/m0/s1. The molecule has 6 nitrogen and oxygen atoms in total. The lowest BCUT2D eigenvalue weighted by Crippen LogP contribution is -2.53. The van der Waals surface area contributed by atoms with Gasteiger partial charge in [-0.15, -0.1) is 0 Å². The van der Waals surface area contributed by atoms with Crippen LogP contribution in [0, 0.1) is 0 Å². The molecular formula is C27H26N2O4. The Morgan fingerprint density at radius 1 is 1.00 bits per heavy atom. The highest BCUT2D eigenvalue weighted by Gasteiger charge is 2.50. The minimum absolute atomic E-state index is 0.0380. The van der Waals surface area contributed by atoms with Crippen molar-refractivity contribution in [2.24, 2.45) is 4.99 Å². The lowest BCUT2D eigenvalue weighted by atomic mass is 9.85. The molecule has 1 amide bonds. The smallest absolute Gasteiger partial charge is 0.259 e. The Balaban J connectivity index is 1.43. The van der Waals surface area contributed by atoms with E-state index >= 15 is 0 Å². The molecule has 0 unspecified atom stereocenters. The minimum Gasteiger partial charge on any atom is -0.494 e. The third kappa shape index (κ3) is 4.22. The first-order valence-corrected chi connectivity index (χ1v) is 11.2.